The summed E-state index contributed by atoms with van der Waals surface area (Å²) in [5, 5.41) is 11.9. The SMILES string of the molecule is O=C1NCCCCC1Cc1ccc(CO)cc1. The predicted octanol–water partition coefficient (Wildman–Crippen LogP) is 1.64. The molecule has 92 valence electrons. The predicted molar refractivity (Wildman–Crippen MR) is 66.4 cm³/mol. The molecule has 1 aromatic carbocycles. The molecule has 0 aromatic heterocycles. The fourth-order valence-electron chi connectivity index (χ4n) is 2.26. The molecule has 1 aliphatic heterocycles. The molecule has 1 saturated heterocycles. The highest BCUT2D eigenvalue weighted by Gasteiger charge is 2.20. The van der Waals surface area contributed by atoms with Crippen molar-refractivity contribution in [1.29, 1.82) is 0 Å². The number of hydrogen-bond donors (Lipinski definition) is 2. The maximum atomic E-state index is 11.8. The molecule has 1 atom stereocenters. The third-order valence-electron chi connectivity index (χ3n) is 3.34. The van der Waals surface area contributed by atoms with Crippen LogP contribution in [0.5, 0.6) is 0 Å². The van der Waals surface area contributed by atoms with Gasteiger partial charge in [0.05, 0.1) is 6.61 Å². The average molecular weight is 233 g/mol. The van der Waals surface area contributed by atoms with Crippen LogP contribution in [0.25, 0.3) is 0 Å². The summed E-state index contributed by atoms with van der Waals surface area (Å²) in [4.78, 5) is 11.8. The van der Waals surface area contributed by atoms with Crippen molar-refractivity contribution in [1.82, 2.24) is 5.32 Å². The van der Waals surface area contributed by atoms with Crippen molar-refractivity contribution in [2.75, 3.05) is 6.54 Å². The van der Waals surface area contributed by atoms with E-state index in [1.54, 1.807) is 0 Å². The number of hydrogen-bond acceptors (Lipinski definition) is 2. The van der Waals surface area contributed by atoms with E-state index in [1.807, 2.05) is 24.3 Å². The average Bonchev–Trinajstić information content (AvgIpc) is 2.56. The molecule has 0 aliphatic carbocycles. The zero-order valence-corrected chi connectivity index (χ0v) is 9.98. The normalized spacial score (nSPS) is 20.8. The van der Waals surface area contributed by atoms with Crippen LogP contribution in [0.15, 0.2) is 24.3 Å². The van der Waals surface area contributed by atoms with Crippen LogP contribution in [0.3, 0.4) is 0 Å². The minimum atomic E-state index is 0.0736. The highest BCUT2D eigenvalue weighted by atomic mass is 16.3. The number of benzene rings is 1. The van der Waals surface area contributed by atoms with Crippen molar-refractivity contribution < 1.29 is 9.90 Å². The van der Waals surface area contributed by atoms with Crippen LogP contribution in [0.2, 0.25) is 0 Å². The Morgan fingerprint density at radius 2 is 1.88 bits per heavy atom. The largest absolute Gasteiger partial charge is 0.392 e. The lowest BCUT2D eigenvalue weighted by Gasteiger charge is -2.13. The fraction of sp³-hybridized carbons (Fsp3) is 0.500. The minimum Gasteiger partial charge on any atom is -0.392 e. The van der Waals surface area contributed by atoms with E-state index in [4.69, 9.17) is 5.11 Å². The second kappa shape index (κ2) is 5.82. The summed E-state index contributed by atoms with van der Waals surface area (Å²) >= 11 is 0. The molecule has 0 saturated carbocycles. The Morgan fingerprint density at radius 1 is 1.18 bits per heavy atom. The third kappa shape index (κ3) is 3.30. The number of carbonyl (C=O) groups is 1. The number of nitrogens with one attached hydrogen (secondary N) is 1. The Morgan fingerprint density at radius 3 is 2.59 bits per heavy atom. The molecule has 0 spiro atoms. The van der Waals surface area contributed by atoms with Crippen LogP contribution in [0, 0.1) is 5.92 Å². The second-order valence-corrected chi connectivity index (χ2v) is 4.66. The van der Waals surface area contributed by atoms with Gasteiger partial charge in [-0.1, -0.05) is 30.7 Å². The van der Waals surface area contributed by atoms with Crippen LogP contribution in [-0.2, 0) is 17.8 Å². The summed E-state index contributed by atoms with van der Waals surface area (Å²) < 4.78 is 0. The Hall–Kier alpha value is -1.35. The molecule has 1 fully saturated rings. The molecule has 1 amide bonds. The first-order chi connectivity index (χ1) is 8.29. The smallest absolute Gasteiger partial charge is 0.223 e. The van der Waals surface area contributed by atoms with Crippen LogP contribution < -0.4 is 5.32 Å². The van der Waals surface area contributed by atoms with Gasteiger partial charge in [-0.2, -0.15) is 0 Å². The molecule has 3 heteroatoms. The van der Waals surface area contributed by atoms with E-state index >= 15 is 0 Å². The Kier molecular flexibility index (Phi) is 4.15. The molecule has 1 aromatic rings. The molecule has 1 heterocycles. The van der Waals surface area contributed by atoms with E-state index in [-0.39, 0.29) is 18.4 Å². The van der Waals surface area contributed by atoms with Crippen molar-refractivity contribution in [2.24, 2.45) is 5.92 Å². The van der Waals surface area contributed by atoms with Gasteiger partial charge in [0, 0.05) is 12.5 Å². The molecule has 3 nitrogen and oxygen atoms in total. The van der Waals surface area contributed by atoms with Gasteiger partial charge in [-0.3, -0.25) is 4.79 Å². The zero-order valence-electron chi connectivity index (χ0n) is 9.98. The lowest BCUT2D eigenvalue weighted by atomic mass is 9.94. The van der Waals surface area contributed by atoms with Gasteiger partial charge in [0.1, 0.15) is 0 Å². The second-order valence-electron chi connectivity index (χ2n) is 4.66. The monoisotopic (exact) mass is 233 g/mol. The van der Waals surface area contributed by atoms with E-state index in [0.29, 0.717) is 0 Å². The third-order valence-corrected chi connectivity index (χ3v) is 3.34. The molecular weight excluding hydrogens is 214 g/mol. The molecule has 1 aliphatic rings. The summed E-state index contributed by atoms with van der Waals surface area (Å²) in [6.45, 7) is 0.892. The quantitative estimate of drug-likeness (QED) is 0.833. The Labute approximate surface area is 102 Å². The molecular formula is C14H19NO2. The first-order valence-electron chi connectivity index (χ1n) is 6.26. The molecule has 2 rings (SSSR count). The number of aliphatic hydroxyl groups is 1. The molecule has 0 bridgehead atoms. The van der Waals surface area contributed by atoms with Gasteiger partial charge in [-0.25, -0.2) is 0 Å². The van der Waals surface area contributed by atoms with Gasteiger partial charge in [-0.15, -0.1) is 0 Å². The number of amides is 1. The Balaban J connectivity index is 2.00. The lowest BCUT2D eigenvalue weighted by molar-refractivity contribution is -0.124. The summed E-state index contributed by atoms with van der Waals surface area (Å²) in [5.41, 5.74) is 2.09. The van der Waals surface area contributed by atoms with Gasteiger partial charge in [0.15, 0.2) is 0 Å². The fourth-order valence-corrected chi connectivity index (χ4v) is 2.26. The highest BCUT2D eigenvalue weighted by Crippen LogP contribution is 2.18. The zero-order chi connectivity index (χ0) is 12.1. The van der Waals surface area contributed by atoms with Crippen molar-refractivity contribution >= 4 is 5.91 Å². The molecule has 17 heavy (non-hydrogen) atoms. The Bertz CT molecular complexity index is 372. The van der Waals surface area contributed by atoms with Crippen molar-refractivity contribution in [3.63, 3.8) is 0 Å². The van der Waals surface area contributed by atoms with Gasteiger partial charge >= 0.3 is 0 Å². The van der Waals surface area contributed by atoms with E-state index in [0.717, 1.165) is 37.8 Å². The van der Waals surface area contributed by atoms with Gasteiger partial charge in [0.25, 0.3) is 0 Å². The molecule has 0 radical (unpaired) electrons. The first-order valence-corrected chi connectivity index (χ1v) is 6.26. The number of carbonyl (C=O) groups excluding carboxylic acids is 1. The van der Waals surface area contributed by atoms with Crippen LogP contribution in [0.1, 0.15) is 30.4 Å². The molecule has 2 N–H and O–H groups in total. The van der Waals surface area contributed by atoms with Gasteiger partial charge in [0.2, 0.25) is 5.91 Å². The van der Waals surface area contributed by atoms with Crippen LogP contribution >= 0.6 is 0 Å². The summed E-state index contributed by atoms with van der Waals surface area (Å²) in [6.07, 6.45) is 3.99. The van der Waals surface area contributed by atoms with E-state index in [1.165, 1.54) is 5.56 Å². The standard InChI is InChI=1S/C14H19NO2/c16-10-12-6-4-11(5-7-12)9-13-3-1-2-8-15-14(13)17/h4-7,13,16H,1-3,8-10H2,(H,15,17). The topological polar surface area (TPSA) is 49.3 Å². The van der Waals surface area contributed by atoms with E-state index in [9.17, 15) is 4.79 Å². The minimum absolute atomic E-state index is 0.0736. The first kappa shape index (κ1) is 12.1. The van der Waals surface area contributed by atoms with E-state index < -0.39 is 0 Å². The van der Waals surface area contributed by atoms with Gasteiger partial charge in [-0.05, 0) is 30.4 Å². The number of rotatable bonds is 3. The number of aliphatic hydroxyl groups excluding tert-OH is 1. The van der Waals surface area contributed by atoms with Crippen molar-refractivity contribution in [3.8, 4) is 0 Å². The lowest BCUT2D eigenvalue weighted by Crippen LogP contribution is -2.30. The van der Waals surface area contributed by atoms with Crippen LogP contribution in [0.4, 0.5) is 0 Å². The summed E-state index contributed by atoms with van der Waals surface area (Å²) in [6, 6.07) is 7.85. The summed E-state index contributed by atoms with van der Waals surface area (Å²) in [7, 11) is 0. The van der Waals surface area contributed by atoms with Crippen LogP contribution in [-0.4, -0.2) is 17.6 Å². The van der Waals surface area contributed by atoms with Crippen molar-refractivity contribution in [3.05, 3.63) is 35.4 Å². The van der Waals surface area contributed by atoms with Crippen molar-refractivity contribution in [2.45, 2.75) is 32.3 Å². The summed E-state index contributed by atoms with van der Waals surface area (Å²) in [5.74, 6) is 0.297. The maximum absolute atomic E-state index is 11.8. The maximum Gasteiger partial charge on any atom is 0.223 e. The van der Waals surface area contributed by atoms with E-state index in [2.05, 4.69) is 5.32 Å². The van der Waals surface area contributed by atoms with Gasteiger partial charge < -0.3 is 10.4 Å². The highest BCUT2D eigenvalue weighted by molar-refractivity contribution is 5.79. The molecule has 1 unspecified atom stereocenters.